The summed E-state index contributed by atoms with van der Waals surface area (Å²) in [6, 6.07) is 18.3. The highest BCUT2D eigenvalue weighted by Gasteiger charge is 2.18. The van der Waals surface area contributed by atoms with Crippen molar-refractivity contribution in [1.82, 2.24) is 9.55 Å². The Bertz CT molecular complexity index is 1050. The number of aryl methyl sites for hydroxylation is 2. The molecular formula is C22H23N3O. The molecule has 4 aromatic rings. The van der Waals surface area contributed by atoms with Crippen molar-refractivity contribution >= 4 is 21.9 Å². The number of aromatic nitrogens is 3. The monoisotopic (exact) mass is 345 g/mol. The zero-order valence-corrected chi connectivity index (χ0v) is 15.2. The van der Waals surface area contributed by atoms with Crippen molar-refractivity contribution in [2.75, 3.05) is 0 Å². The first-order chi connectivity index (χ1) is 12.6. The van der Waals surface area contributed by atoms with Crippen molar-refractivity contribution in [2.24, 2.45) is 5.92 Å². The van der Waals surface area contributed by atoms with Gasteiger partial charge in [0.2, 0.25) is 11.7 Å². The molecule has 0 N–H and O–H groups in total. The van der Waals surface area contributed by atoms with Gasteiger partial charge in [-0.25, -0.2) is 4.98 Å². The predicted octanol–water partition coefficient (Wildman–Crippen LogP) is 4.26. The van der Waals surface area contributed by atoms with Crippen molar-refractivity contribution in [2.45, 2.75) is 33.2 Å². The highest BCUT2D eigenvalue weighted by Crippen LogP contribution is 2.25. The van der Waals surface area contributed by atoms with Gasteiger partial charge < -0.3 is 9.77 Å². The van der Waals surface area contributed by atoms with Crippen LogP contribution in [0.15, 0.2) is 60.8 Å². The summed E-state index contributed by atoms with van der Waals surface area (Å²) in [4.78, 5) is 4.82. The summed E-state index contributed by atoms with van der Waals surface area (Å²) < 4.78 is 3.25. The number of nitrogens with zero attached hydrogens (tertiary/aromatic N) is 3. The van der Waals surface area contributed by atoms with Crippen LogP contribution in [-0.2, 0) is 19.4 Å². The van der Waals surface area contributed by atoms with Gasteiger partial charge in [0.05, 0.1) is 10.9 Å². The lowest BCUT2D eigenvalue weighted by molar-refractivity contribution is -0.575. The molecule has 0 saturated heterocycles. The standard InChI is InChI=1S/C22H23N3O/c1-16(2)14-21-23-19-15-25(26)20-11-7-6-10-18(20)22(19)24(21)13-12-17-8-4-3-5-9-17/h3-11,15-16H,12-14H2,1-2H3. The van der Waals surface area contributed by atoms with Gasteiger partial charge in [-0.15, -0.1) is 0 Å². The molecule has 0 radical (unpaired) electrons. The summed E-state index contributed by atoms with van der Waals surface area (Å²) >= 11 is 0. The van der Waals surface area contributed by atoms with Gasteiger partial charge in [0, 0.05) is 19.0 Å². The molecule has 0 fully saturated rings. The number of imidazole rings is 1. The Morgan fingerprint density at radius 1 is 1.04 bits per heavy atom. The molecule has 4 nitrogen and oxygen atoms in total. The normalized spacial score (nSPS) is 11.7. The van der Waals surface area contributed by atoms with Gasteiger partial charge >= 0.3 is 0 Å². The van der Waals surface area contributed by atoms with E-state index in [1.807, 2.05) is 30.3 Å². The summed E-state index contributed by atoms with van der Waals surface area (Å²) in [6.07, 6.45) is 3.45. The first-order valence-electron chi connectivity index (χ1n) is 9.17. The smallest absolute Gasteiger partial charge is 0.226 e. The molecule has 0 amide bonds. The number of para-hydroxylation sites is 1. The average molecular weight is 345 g/mol. The molecule has 132 valence electrons. The zero-order valence-electron chi connectivity index (χ0n) is 15.2. The molecule has 0 bridgehead atoms. The molecule has 4 rings (SSSR count). The molecule has 26 heavy (non-hydrogen) atoms. The van der Waals surface area contributed by atoms with Gasteiger partial charge in [0.1, 0.15) is 5.82 Å². The van der Waals surface area contributed by atoms with Crippen LogP contribution in [0.2, 0.25) is 0 Å². The van der Waals surface area contributed by atoms with Crippen molar-refractivity contribution in [3.05, 3.63) is 77.4 Å². The SMILES string of the molecule is CC(C)Cc1nc2c[n+]([O-])c3ccccc3c2n1CCc1ccccc1. The fraction of sp³-hybridized carbons (Fsp3) is 0.273. The number of pyridine rings is 1. The predicted molar refractivity (Wildman–Crippen MR) is 105 cm³/mol. The lowest BCUT2D eigenvalue weighted by Crippen LogP contribution is -2.26. The maximum absolute atomic E-state index is 12.4. The minimum Gasteiger partial charge on any atom is -0.618 e. The fourth-order valence-electron chi connectivity index (χ4n) is 3.59. The Morgan fingerprint density at radius 3 is 2.54 bits per heavy atom. The summed E-state index contributed by atoms with van der Waals surface area (Å²) in [7, 11) is 0. The molecule has 0 unspecified atom stereocenters. The van der Waals surface area contributed by atoms with E-state index in [9.17, 15) is 5.21 Å². The Kier molecular flexibility index (Phi) is 4.33. The number of hydrogen-bond donors (Lipinski definition) is 0. The van der Waals surface area contributed by atoms with Crippen molar-refractivity contribution in [3.8, 4) is 0 Å². The van der Waals surface area contributed by atoms with Crippen molar-refractivity contribution in [1.29, 1.82) is 0 Å². The van der Waals surface area contributed by atoms with Crippen LogP contribution in [0.3, 0.4) is 0 Å². The van der Waals surface area contributed by atoms with Gasteiger partial charge in [-0.2, -0.15) is 4.73 Å². The molecular weight excluding hydrogens is 322 g/mol. The van der Waals surface area contributed by atoms with E-state index in [-0.39, 0.29) is 0 Å². The van der Waals surface area contributed by atoms with E-state index in [1.165, 1.54) is 5.56 Å². The summed E-state index contributed by atoms with van der Waals surface area (Å²) in [6.45, 7) is 5.26. The van der Waals surface area contributed by atoms with Gasteiger partial charge in [-0.3, -0.25) is 0 Å². The summed E-state index contributed by atoms with van der Waals surface area (Å²) in [5, 5.41) is 13.4. The lowest BCUT2D eigenvalue weighted by atomic mass is 10.1. The average Bonchev–Trinajstić information content (AvgIpc) is 2.97. The molecule has 0 spiro atoms. The maximum Gasteiger partial charge on any atom is 0.226 e. The summed E-state index contributed by atoms with van der Waals surface area (Å²) in [5.41, 5.74) is 3.85. The van der Waals surface area contributed by atoms with Gasteiger partial charge in [0.15, 0.2) is 5.52 Å². The maximum atomic E-state index is 12.4. The van der Waals surface area contributed by atoms with Crippen LogP contribution in [0.5, 0.6) is 0 Å². The lowest BCUT2D eigenvalue weighted by Gasteiger charge is -2.12. The van der Waals surface area contributed by atoms with Gasteiger partial charge in [0.25, 0.3) is 0 Å². The van der Waals surface area contributed by atoms with E-state index in [1.54, 1.807) is 6.20 Å². The van der Waals surface area contributed by atoms with E-state index in [0.29, 0.717) is 11.4 Å². The molecule has 0 saturated carbocycles. The highest BCUT2D eigenvalue weighted by molar-refractivity contribution is 6.00. The molecule has 2 aromatic heterocycles. The molecule has 0 aliphatic carbocycles. The second-order valence-electron chi connectivity index (χ2n) is 7.22. The second kappa shape index (κ2) is 6.79. The number of rotatable bonds is 5. The highest BCUT2D eigenvalue weighted by atomic mass is 16.5. The van der Waals surface area contributed by atoms with Crippen LogP contribution in [0.25, 0.3) is 21.9 Å². The van der Waals surface area contributed by atoms with Crippen LogP contribution in [0.1, 0.15) is 25.2 Å². The van der Waals surface area contributed by atoms with E-state index >= 15 is 0 Å². The van der Waals surface area contributed by atoms with E-state index in [2.05, 4.69) is 42.7 Å². The van der Waals surface area contributed by atoms with E-state index in [0.717, 1.165) is 46.4 Å². The quantitative estimate of drug-likeness (QED) is 0.401. The molecule has 0 aliphatic heterocycles. The van der Waals surface area contributed by atoms with Crippen LogP contribution < -0.4 is 4.73 Å². The molecule has 2 aromatic carbocycles. The van der Waals surface area contributed by atoms with Crippen LogP contribution in [-0.4, -0.2) is 9.55 Å². The molecule has 0 aliphatic rings. The number of benzene rings is 2. The minimum atomic E-state index is 0.507. The second-order valence-corrected chi connectivity index (χ2v) is 7.22. The van der Waals surface area contributed by atoms with E-state index < -0.39 is 0 Å². The molecule has 2 heterocycles. The van der Waals surface area contributed by atoms with Crippen LogP contribution >= 0.6 is 0 Å². The van der Waals surface area contributed by atoms with E-state index in [4.69, 9.17) is 4.98 Å². The Hall–Kier alpha value is -2.88. The largest absolute Gasteiger partial charge is 0.618 e. The molecule has 4 heteroatoms. The Labute approximate surface area is 153 Å². The van der Waals surface area contributed by atoms with Gasteiger partial charge in [-0.1, -0.05) is 56.3 Å². The number of hydrogen-bond acceptors (Lipinski definition) is 2. The third kappa shape index (κ3) is 3.03. The third-order valence-electron chi connectivity index (χ3n) is 4.77. The van der Waals surface area contributed by atoms with Crippen LogP contribution in [0.4, 0.5) is 0 Å². The number of fused-ring (bicyclic) bond motifs is 3. The topological polar surface area (TPSA) is 44.8 Å². The van der Waals surface area contributed by atoms with Crippen molar-refractivity contribution < 1.29 is 4.73 Å². The minimum absolute atomic E-state index is 0.507. The fourth-order valence-corrected chi connectivity index (χ4v) is 3.59. The van der Waals surface area contributed by atoms with Gasteiger partial charge in [-0.05, 0) is 24.0 Å². The van der Waals surface area contributed by atoms with Crippen LogP contribution in [0, 0.1) is 11.1 Å². The summed E-state index contributed by atoms with van der Waals surface area (Å²) in [5.74, 6) is 1.57. The van der Waals surface area contributed by atoms with Crippen molar-refractivity contribution in [3.63, 3.8) is 0 Å². The first-order valence-corrected chi connectivity index (χ1v) is 9.17. The first kappa shape index (κ1) is 16.6. The Balaban J connectivity index is 1.88. The Morgan fingerprint density at radius 2 is 1.77 bits per heavy atom. The third-order valence-corrected chi connectivity index (χ3v) is 4.77. The molecule has 0 atom stereocenters. The zero-order chi connectivity index (χ0) is 18.1.